The number of hydrogen-bond donors (Lipinski definition) is 1. The molecule has 112 valence electrons. The second-order valence-corrected chi connectivity index (χ2v) is 5.31. The van der Waals surface area contributed by atoms with Crippen molar-refractivity contribution in [2.24, 2.45) is 0 Å². The molecule has 0 aliphatic rings. The number of ether oxygens (including phenoxy) is 2. The third-order valence-corrected chi connectivity index (χ3v) is 3.70. The van der Waals surface area contributed by atoms with Gasteiger partial charge in [-0.25, -0.2) is 0 Å². The van der Waals surface area contributed by atoms with Crippen molar-refractivity contribution in [2.45, 2.75) is 27.3 Å². The molecule has 3 nitrogen and oxygen atoms in total. The number of methoxy groups -OCH3 is 2. The highest BCUT2D eigenvalue weighted by atomic mass is 16.5. The zero-order valence-electron chi connectivity index (χ0n) is 13.4. The summed E-state index contributed by atoms with van der Waals surface area (Å²) < 4.78 is 10.7. The van der Waals surface area contributed by atoms with Crippen molar-refractivity contribution in [2.75, 3.05) is 19.5 Å². The van der Waals surface area contributed by atoms with Crippen LogP contribution in [0.1, 0.15) is 22.3 Å². The highest BCUT2D eigenvalue weighted by Gasteiger charge is 2.08. The lowest BCUT2D eigenvalue weighted by molar-refractivity contribution is 0.355. The first-order valence-electron chi connectivity index (χ1n) is 7.07. The van der Waals surface area contributed by atoms with Crippen molar-refractivity contribution in [3.63, 3.8) is 0 Å². The largest absolute Gasteiger partial charge is 0.493 e. The van der Waals surface area contributed by atoms with E-state index in [1.807, 2.05) is 12.1 Å². The van der Waals surface area contributed by atoms with Gasteiger partial charge in [-0.15, -0.1) is 0 Å². The first-order valence-corrected chi connectivity index (χ1v) is 7.07. The average Bonchev–Trinajstić information content (AvgIpc) is 2.47. The summed E-state index contributed by atoms with van der Waals surface area (Å²) in [6.07, 6.45) is 0. The molecule has 0 aliphatic heterocycles. The fourth-order valence-electron chi connectivity index (χ4n) is 2.41. The molecule has 2 aromatic rings. The van der Waals surface area contributed by atoms with Crippen molar-refractivity contribution in [1.82, 2.24) is 0 Å². The Morgan fingerprint density at radius 3 is 2.14 bits per heavy atom. The summed E-state index contributed by atoms with van der Waals surface area (Å²) in [4.78, 5) is 0. The van der Waals surface area contributed by atoms with Gasteiger partial charge in [0.1, 0.15) is 0 Å². The maximum atomic E-state index is 5.36. The van der Waals surface area contributed by atoms with Crippen LogP contribution in [-0.2, 0) is 6.54 Å². The van der Waals surface area contributed by atoms with Gasteiger partial charge in [0.2, 0.25) is 0 Å². The smallest absolute Gasteiger partial charge is 0.162 e. The Morgan fingerprint density at radius 1 is 0.857 bits per heavy atom. The van der Waals surface area contributed by atoms with Crippen molar-refractivity contribution < 1.29 is 9.47 Å². The summed E-state index contributed by atoms with van der Waals surface area (Å²) in [6.45, 7) is 7.11. The Bertz CT molecular complexity index is 635. The minimum Gasteiger partial charge on any atom is -0.493 e. The summed E-state index contributed by atoms with van der Waals surface area (Å²) >= 11 is 0. The minimum absolute atomic E-state index is 0.742. The maximum absolute atomic E-state index is 5.36. The molecule has 0 aromatic heterocycles. The summed E-state index contributed by atoms with van der Waals surface area (Å²) in [6, 6.07) is 10.5. The second-order valence-electron chi connectivity index (χ2n) is 5.31. The van der Waals surface area contributed by atoms with E-state index in [4.69, 9.17) is 9.47 Å². The van der Waals surface area contributed by atoms with E-state index in [9.17, 15) is 0 Å². The van der Waals surface area contributed by atoms with E-state index < -0.39 is 0 Å². The SMILES string of the molecule is COc1cc(C)c(NCc2ccc(C)cc2C)cc1OC. The van der Waals surface area contributed by atoms with Crippen LogP contribution >= 0.6 is 0 Å². The molecule has 3 heteroatoms. The van der Waals surface area contributed by atoms with Crippen LogP contribution in [0, 0.1) is 20.8 Å². The zero-order valence-corrected chi connectivity index (χ0v) is 13.4. The summed E-state index contributed by atoms with van der Waals surface area (Å²) in [5.74, 6) is 1.50. The van der Waals surface area contributed by atoms with Gasteiger partial charge in [0, 0.05) is 18.3 Å². The fraction of sp³-hybridized carbons (Fsp3) is 0.333. The molecule has 0 amide bonds. The van der Waals surface area contributed by atoms with E-state index in [-0.39, 0.29) is 0 Å². The van der Waals surface area contributed by atoms with Gasteiger partial charge in [0.15, 0.2) is 11.5 Å². The average molecular weight is 285 g/mol. The molecule has 0 saturated carbocycles. The van der Waals surface area contributed by atoms with E-state index in [0.717, 1.165) is 29.3 Å². The molecule has 0 fully saturated rings. The minimum atomic E-state index is 0.742. The molecule has 1 N–H and O–H groups in total. The molecule has 0 bridgehead atoms. The molecule has 0 atom stereocenters. The second kappa shape index (κ2) is 6.53. The van der Waals surface area contributed by atoms with E-state index in [0.29, 0.717) is 0 Å². The monoisotopic (exact) mass is 285 g/mol. The first kappa shape index (κ1) is 15.2. The van der Waals surface area contributed by atoms with Gasteiger partial charge in [-0.2, -0.15) is 0 Å². The Balaban J connectivity index is 2.19. The molecule has 21 heavy (non-hydrogen) atoms. The van der Waals surface area contributed by atoms with Gasteiger partial charge in [-0.3, -0.25) is 0 Å². The van der Waals surface area contributed by atoms with Crippen molar-refractivity contribution >= 4 is 5.69 Å². The molecule has 0 heterocycles. The zero-order chi connectivity index (χ0) is 15.4. The maximum Gasteiger partial charge on any atom is 0.162 e. The standard InChI is InChI=1S/C18H23NO2/c1-12-6-7-15(13(2)8-12)11-19-16-10-18(21-5)17(20-4)9-14(16)3/h6-10,19H,11H2,1-5H3. The third kappa shape index (κ3) is 3.48. The Hall–Kier alpha value is -2.16. The van der Waals surface area contributed by atoms with Crippen LogP contribution in [0.5, 0.6) is 11.5 Å². The van der Waals surface area contributed by atoms with Crippen LogP contribution in [0.25, 0.3) is 0 Å². The van der Waals surface area contributed by atoms with Crippen LogP contribution in [0.15, 0.2) is 30.3 Å². The van der Waals surface area contributed by atoms with E-state index in [1.54, 1.807) is 14.2 Å². The number of aryl methyl sites for hydroxylation is 3. The van der Waals surface area contributed by atoms with Gasteiger partial charge in [0.05, 0.1) is 14.2 Å². The molecule has 0 unspecified atom stereocenters. The molecule has 0 saturated heterocycles. The molecule has 0 spiro atoms. The number of hydrogen-bond acceptors (Lipinski definition) is 3. The lowest BCUT2D eigenvalue weighted by atomic mass is 10.1. The van der Waals surface area contributed by atoms with Crippen LogP contribution in [-0.4, -0.2) is 14.2 Å². The van der Waals surface area contributed by atoms with Gasteiger partial charge in [0.25, 0.3) is 0 Å². The first-order chi connectivity index (χ1) is 10.0. The molecule has 0 aliphatic carbocycles. The van der Waals surface area contributed by atoms with Crippen molar-refractivity contribution in [3.05, 3.63) is 52.6 Å². The van der Waals surface area contributed by atoms with E-state index in [2.05, 4.69) is 44.3 Å². The highest BCUT2D eigenvalue weighted by Crippen LogP contribution is 2.33. The molecule has 0 radical (unpaired) electrons. The lowest BCUT2D eigenvalue weighted by Gasteiger charge is -2.15. The fourth-order valence-corrected chi connectivity index (χ4v) is 2.41. The molecular weight excluding hydrogens is 262 g/mol. The highest BCUT2D eigenvalue weighted by molar-refractivity contribution is 5.60. The van der Waals surface area contributed by atoms with Crippen LogP contribution in [0.4, 0.5) is 5.69 Å². The van der Waals surface area contributed by atoms with Gasteiger partial charge < -0.3 is 14.8 Å². The van der Waals surface area contributed by atoms with Crippen LogP contribution in [0.3, 0.4) is 0 Å². The Morgan fingerprint density at radius 2 is 1.52 bits per heavy atom. The van der Waals surface area contributed by atoms with E-state index in [1.165, 1.54) is 16.7 Å². The molecule has 2 aromatic carbocycles. The number of benzene rings is 2. The number of anilines is 1. The molecular formula is C18H23NO2. The van der Waals surface area contributed by atoms with Crippen LogP contribution in [0.2, 0.25) is 0 Å². The normalized spacial score (nSPS) is 10.3. The third-order valence-electron chi connectivity index (χ3n) is 3.70. The number of nitrogens with one attached hydrogen (secondary N) is 1. The Labute approximate surface area is 126 Å². The van der Waals surface area contributed by atoms with Gasteiger partial charge in [-0.1, -0.05) is 23.8 Å². The quantitative estimate of drug-likeness (QED) is 0.891. The van der Waals surface area contributed by atoms with Gasteiger partial charge >= 0.3 is 0 Å². The van der Waals surface area contributed by atoms with Crippen molar-refractivity contribution in [3.8, 4) is 11.5 Å². The summed E-state index contributed by atoms with van der Waals surface area (Å²) in [5, 5.41) is 3.48. The summed E-state index contributed by atoms with van der Waals surface area (Å²) in [7, 11) is 3.31. The lowest BCUT2D eigenvalue weighted by Crippen LogP contribution is -2.04. The number of rotatable bonds is 5. The molecule has 2 rings (SSSR count). The predicted octanol–water partition coefficient (Wildman–Crippen LogP) is 4.24. The Kier molecular flexibility index (Phi) is 4.73. The van der Waals surface area contributed by atoms with Crippen molar-refractivity contribution in [1.29, 1.82) is 0 Å². The van der Waals surface area contributed by atoms with E-state index >= 15 is 0 Å². The predicted molar refractivity (Wildman–Crippen MR) is 87.5 cm³/mol. The van der Waals surface area contributed by atoms with Gasteiger partial charge in [-0.05, 0) is 43.5 Å². The van der Waals surface area contributed by atoms with Crippen LogP contribution < -0.4 is 14.8 Å². The topological polar surface area (TPSA) is 30.5 Å². The summed E-state index contributed by atoms with van der Waals surface area (Å²) in [5.41, 5.74) is 6.10.